The van der Waals surface area contributed by atoms with Gasteiger partial charge in [-0.3, -0.25) is 9.88 Å². The first kappa shape index (κ1) is 12.5. The second-order valence-electron chi connectivity index (χ2n) is 4.87. The van der Waals surface area contributed by atoms with Crippen molar-refractivity contribution in [2.45, 2.75) is 44.8 Å². The maximum Gasteiger partial charge on any atom is 0.0271 e. The van der Waals surface area contributed by atoms with Crippen LogP contribution in [0.4, 0.5) is 0 Å². The van der Waals surface area contributed by atoms with Gasteiger partial charge in [0.2, 0.25) is 0 Å². The number of pyridine rings is 1. The van der Waals surface area contributed by atoms with E-state index >= 15 is 0 Å². The maximum atomic E-state index is 4.07. The van der Waals surface area contributed by atoms with Gasteiger partial charge in [0.15, 0.2) is 0 Å². The Kier molecular flexibility index (Phi) is 4.51. The molecule has 0 radical (unpaired) electrons. The lowest BCUT2D eigenvalue weighted by Gasteiger charge is -2.27. The van der Waals surface area contributed by atoms with Gasteiger partial charge in [0.1, 0.15) is 0 Å². The average Bonchev–Trinajstić information content (AvgIpc) is 2.86. The summed E-state index contributed by atoms with van der Waals surface area (Å²) in [7, 11) is 2.08. The van der Waals surface area contributed by atoms with Gasteiger partial charge < -0.3 is 5.32 Å². The SMILES string of the molecule is CCN(Cc1ccncc1)C1CCC(NC)C1. The van der Waals surface area contributed by atoms with Gasteiger partial charge >= 0.3 is 0 Å². The van der Waals surface area contributed by atoms with Gasteiger partial charge in [0.25, 0.3) is 0 Å². The molecule has 17 heavy (non-hydrogen) atoms. The first-order chi connectivity index (χ1) is 8.33. The Morgan fingerprint density at radius 1 is 1.35 bits per heavy atom. The Balaban J connectivity index is 1.93. The van der Waals surface area contributed by atoms with Crippen LogP contribution >= 0.6 is 0 Å². The fraction of sp³-hybridized carbons (Fsp3) is 0.643. The van der Waals surface area contributed by atoms with Crippen LogP contribution in [0.2, 0.25) is 0 Å². The third-order valence-electron chi connectivity index (χ3n) is 3.87. The van der Waals surface area contributed by atoms with Crippen LogP contribution in [-0.4, -0.2) is 35.6 Å². The largest absolute Gasteiger partial charge is 0.317 e. The van der Waals surface area contributed by atoms with Crippen molar-refractivity contribution in [1.29, 1.82) is 0 Å². The van der Waals surface area contributed by atoms with Gasteiger partial charge in [0.05, 0.1) is 0 Å². The standard InChI is InChI=1S/C14H23N3/c1-3-17(11-12-6-8-16-9-7-12)14-5-4-13(10-14)15-2/h6-9,13-15H,3-5,10-11H2,1-2H3. The molecular weight excluding hydrogens is 210 g/mol. The summed E-state index contributed by atoms with van der Waals surface area (Å²) >= 11 is 0. The van der Waals surface area contributed by atoms with E-state index < -0.39 is 0 Å². The number of nitrogens with zero attached hydrogens (tertiary/aromatic N) is 2. The monoisotopic (exact) mass is 233 g/mol. The minimum atomic E-state index is 0.714. The molecule has 1 aliphatic rings. The first-order valence-electron chi connectivity index (χ1n) is 6.63. The molecule has 2 unspecified atom stereocenters. The van der Waals surface area contributed by atoms with E-state index in [1.165, 1.54) is 24.8 Å². The van der Waals surface area contributed by atoms with Gasteiger partial charge in [-0.15, -0.1) is 0 Å². The van der Waals surface area contributed by atoms with E-state index in [1.54, 1.807) is 0 Å². The molecule has 1 aromatic rings. The smallest absolute Gasteiger partial charge is 0.0271 e. The maximum absolute atomic E-state index is 4.07. The van der Waals surface area contributed by atoms with Crippen molar-refractivity contribution in [3.63, 3.8) is 0 Å². The summed E-state index contributed by atoms with van der Waals surface area (Å²) < 4.78 is 0. The molecule has 1 aliphatic carbocycles. The Hall–Kier alpha value is -0.930. The third kappa shape index (κ3) is 3.27. The van der Waals surface area contributed by atoms with E-state index in [-0.39, 0.29) is 0 Å². The van der Waals surface area contributed by atoms with Gasteiger partial charge in [-0.2, -0.15) is 0 Å². The van der Waals surface area contributed by atoms with Crippen LogP contribution in [-0.2, 0) is 6.54 Å². The van der Waals surface area contributed by atoms with Crippen molar-refractivity contribution in [1.82, 2.24) is 15.2 Å². The molecule has 1 saturated carbocycles. The molecule has 0 amide bonds. The molecule has 0 aromatic carbocycles. The highest BCUT2D eigenvalue weighted by atomic mass is 15.2. The van der Waals surface area contributed by atoms with Crippen molar-refractivity contribution in [2.24, 2.45) is 0 Å². The van der Waals surface area contributed by atoms with Gasteiger partial charge in [-0.25, -0.2) is 0 Å². The molecule has 0 bridgehead atoms. The Morgan fingerprint density at radius 2 is 2.12 bits per heavy atom. The third-order valence-corrected chi connectivity index (χ3v) is 3.87. The minimum absolute atomic E-state index is 0.714. The number of hydrogen-bond donors (Lipinski definition) is 1. The summed E-state index contributed by atoms with van der Waals surface area (Å²) in [6.07, 6.45) is 7.69. The Labute approximate surface area is 104 Å². The molecule has 0 aliphatic heterocycles. The van der Waals surface area contributed by atoms with E-state index in [0.717, 1.165) is 19.1 Å². The zero-order chi connectivity index (χ0) is 12.1. The molecule has 94 valence electrons. The predicted octanol–water partition coefficient (Wildman–Crippen LogP) is 2.04. The van der Waals surface area contributed by atoms with E-state index in [4.69, 9.17) is 0 Å². The van der Waals surface area contributed by atoms with Crippen LogP contribution in [0.1, 0.15) is 31.7 Å². The molecule has 3 heteroatoms. The summed E-state index contributed by atoms with van der Waals surface area (Å²) in [6.45, 7) is 4.44. The molecule has 2 rings (SSSR count). The highest BCUT2D eigenvalue weighted by Crippen LogP contribution is 2.25. The molecule has 1 heterocycles. The number of hydrogen-bond acceptors (Lipinski definition) is 3. The minimum Gasteiger partial charge on any atom is -0.317 e. The number of aromatic nitrogens is 1. The first-order valence-corrected chi connectivity index (χ1v) is 6.63. The van der Waals surface area contributed by atoms with Crippen LogP contribution in [0.25, 0.3) is 0 Å². The lowest BCUT2D eigenvalue weighted by atomic mass is 10.1. The van der Waals surface area contributed by atoms with Crippen molar-refractivity contribution in [3.05, 3.63) is 30.1 Å². The molecule has 1 aromatic heterocycles. The van der Waals surface area contributed by atoms with Crippen LogP contribution in [0, 0.1) is 0 Å². The van der Waals surface area contributed by atoms with E-state index in [9.17, 15) is 0 Å². The highest BCUT2D eigenvalue weighted by molar-refractivity contribution is 5.09. The Morgan fingerprint density at radius 3 is 2.71 bits per heavy atom. The fourth-order valence-corrected chi connectivity index (χ4v) is 2.77. The summed E-state index contributed by atoms with van der Waals surface area (Å²) in [5, 5.41) is 3.40. The van der Waals surface area contributed by atoms with Gasteiger partial charge in [-0.1, -0.05) is 6.92 Å². The van der Waals surface area contributed by atoms with Crippen molar-refractivity contribution < 1.29 is 0 Å². The van der Waals surface area contributed by atoms with Gasteiger partial charge in [-0.05, 0) is 50.6 Å². The lowest BCUT2D eigenvalue weighted by Crippen LogP contribution is -2.34. The summed E-state index contributed by atoms with van der Waals surface area (Å²) in [5.41, 5.74) is 1.37. The van der Waals surface area contributed by atoms with E-state index in [1.807, 2.05) is 12.4 Å². The molecule has 2 atom stereocenters. The zero-order valence-electron chi connectivity index (χ0n) is 10.9. The molecule has 0 spiro atoms. The van der Waals surface area contributed by atoms with Crippen LogP contribution in [0.5, 0.6) is 0 Å². The topological polar surface area (TPSA) is 28.2 Å². The fourth-order valence-electron chi connectivity index (χ4n) is 2.77. The highest BCUT2D eigenvalue weighted by Gasteiger charge is 2.27. The van der Waals surface area contributed by atoms with Crippen molar-refractivity contribution in [3.8, 4) is 0 Å². The summed E-state index contributed by atoms with van der Waals surface area (Å²) in [5.74, 6) is 0. The number of rotatable bonds is 5. The van der Waals surface area contributed by atoms with Crippen molar-refractivity contribution in [2.75, 3.05) is 13.6 Å². The van der Waals surface area contributed by atoms with E-state index in [0.29, 0.717) is 6.04 Å². The Bertz CT molecular complexity index is 325. The average molecular weight is 233 g/mol. The molecule has 0 saturated heterocycles. The van der Waals surface area contributed by atoms with Crippen LogP contribution in [0.3, 0.4) is 0 Å². The summed E-state index contributed by atoms with van der Waals surface area (Å²) in [6, 6.07) is 5.69. The van der Waals surface area contributed by atoms with Crippen molar-refractivity contribution >= 4 is 0 Å². The second kappa shape index (κ2) is 6.12. The van der Waals surface area contributed by atoms with Crippen LogP contribution < -0.4 is 5.32 Å². The lowest BCUT2D eigenvalue weighted by molar-refractivity contribution is 0.197. The quantitative estimate of drug-likeness (QED) is 0.843. The predicted molar refractivity (Wildman–Crippen MR) is 70.8 cm³/mol. The van der Waals surface area contributed by atoms with Crippen LogP contribution in [0.15, 0.2) is 24.5 Å². The van der Waals surface area contributed by atoms with E-state index in [2.05, 4.69) is 41.3 Å². The molecule has 1 fully saturated rings. The molecule has 1 N–H and O–H groups in total. The van der Waals surface area contributed by atoms with Gasteiger partial charge in [0, 0.05) is 31.0 Å². The zero-order valence-corrected chi connectivity index (χ0v) is 10.9. The summed E-state index contributed by atoms with van der Waals surface area (Å²) in [4.78, 5) is 6.66. The normalized spacial score (nSPS) is 24.4. The molecular formula is C14H23N3. The number of nitrogens with one attached hydrogen (secondary N) is 1. The molecule has 3 nitrogen and oxygen atoms in total. The second-order valence-corrected chi connectivity index (χ2v) is 4.87.